The van der Waals surface area contributed by atoms with Crippen LogP contribution in [0.1, 0.15) is 19.4 Å². The molecule has 1 aromatic carbocycles. The number of thioether (sulfide) groups is 1. The van der Waals surface area contributed by atoms with Crippen LogP contribution in [0.4, 0.5) is 0 Å². The summed E-state index contributed by atoms with van der Waals surface area (Å²) < 4.78 is 0. The molecule has 0 bridgehead atoms. The van der Waals surface area contributed by atoms with E-state index >= 15 is 0 Å². The Labute approximate surface area is 171 Å². The monoisotopic (exact) mass is 416 g/mol. The Hall–Kier alpha value is -3.07. The molecule has 1 unspecified atom stereocenters. The largest absolute Gasteiger partial charge is 0.478 e. The molecule has 1 aromatic rings. The zero-order valence-electron chi connectivity index (χ0n) is 15.8. The Bertz CT molecular complexity index is 938. The molecule has 0 radical (unpaired) electrons. The van der Waals surface area contributed by atoms with E-state index in [0.717, 1.165) is 16.5 Å². The van der Waals surface area contributed by atoms with Gasteiger partial charge in [-0.25, -0.2) is 9.59 Å². The molecule has 9 heteroatoms. The van der Waals surface area contributed by atoms with Crippen molar-refractivity contribution < 1.29 is 29.4 Å². The fourth-order valence-electron chi connectivity index (χ4n) is 3.25. The lowest BCUT2D eigenvalue weighted by Crippen LogP contribution is -2.71. The van der Waals surface area contributed by atoms with E-state index in [4.69, 9.17) is 5.11 Å². The predicted octanol–water partition coefficient (Wildman–Crippen LogP) is 1.34. The molecular weight excluding hydrogens is 396 g/mol. The molecule has 2 aliphatic rings. The summed E-state index contributed by atoms with van der Waals surface area (Å²) in [5.41, 5.74) is -0.0834. The summed E-state index contributed by atoms with van der Waals surface area (Å²) in [6, 6.07) is 8.32. The van der Waals surface area contributed by atoms with E-state index < -0.39 is 34.7 Å². The quantitative estimate of drug-likeness (QED) is 0.472. The van der Waals surface area contributed by atoms with Gasteiger partial charge in [0.05, 0.1) is 5.41 Å². The average Bonchev–Trinajstić information content (AvgIpc) is 2.69. The van der Waals surface area contributed by atoms with Gasteiger partial charge in [-0.1, -0.05) is 30.3 Å². The van der Waals surface area contributed by atoms with Gasteiger partial charge in [-0.15, -0.1) is 11.8 Å². The number of nitrogens with one attached hydrogen (secondary N) is 1. The molecule has 2 atom stereocenters. The van der Waals surface area contributed by atoms with Gasteiger partial charge in [0.2, 0.25) is 5.91 Å². The second-order valence-corrected chi connectivity index (χ2v) is 8.31. The van der Waals surface area contributed by atoms with Crippen molar-refractivity contribution in [3.05, 3.63) is 59.3 Å². The molecule has 0 aromatic heterocycles. The van der Waals surface area contributed by atoms with Gasteiger partial charge < -0.3 is 15.5 Å². The van der Waals surface area contributed by atoms with Crippen LogP contribution in [-0.2, 0) is 24.6 Å². The fourth-order valence-corrected chi connectivity index (χ4v) is 4.57. The van der Waals surface area contributed by atoms with Crippen LogP contribution in [-0.4, -0.2) is 56.0 Å². The van der Waals surface area contributed by atoms with E-state index in [2.05, 4.69) is 5.32 Å². The minimum Gasteiger partial charge on any atom is -0.478 e. The van der Waals surface area contributed by atoms with Gasteiger partial charge in [-0.3, -0.25) is 14.5 Å². The zero-order valence-corrected chi connectivity index (χ0v) is 16.6. The molecule has 1 saturated heterocycles. The van der Waals surface area contributed by atoms with Crippen molar-refractivity contribution >= 4 is 35.5 Å². The van der Waals surface area contributed by atoms with Crippen LogP contribution in [0.2, 0.25) is 0 Å². The third-order valence-electron chi connectivity index (χ3n) is 4.98. The van der Waals surface area contributed by atoms with E-state index in [-0.39, 0.29) is 22.9 Å². The van der Waals surface area contributed by atoms with Crippen LogP contribution >= 0.6 is 11.8 Å². The van der Waals surface area contributed by atoms with Crippen LogP contribution < -0.4 is 5.32 Å². The minimum atomic E-state index is -1.32. The lowest BCUT2D eigenvalue weighted by Gasteiger charge is -2.49. The van der Waals surface area contributed by atoms with E-state index in [9.17, 15) is 24.3 Å². The van der Waals surface area contributed by atoms with E-state index in [1.165, 1.54) is 17.8 Å². The summed E-state index contributed by atoms with van der Waals surface area (Å²) in [7, 11) is 0. The Morgan fingerprint density at radius 1 is 1.21 bits per heavy atom. The molecule has 3 N–H and O–H groups in total. The highest BCUT2D eigenvalue weighted by Gasteiger charge is 2.54. The van der Waals surface area contributed by atoms with Crippen molar-refractivity contribution in [1.29, 1.82) is 0 Å². The van der Waals surface area contributed by atoms with Crippen molar-refractivity contribution in [3.63, 3.8) is 0 Å². The number of carboxylic acid groups (broad SMARTS) is 2. The van der Waals surface area contributed by atoms with Crippen LogP contribution in [0.5, 0.6) is 0 Å². The van der Waals surface area contributed by atoms with E-state index in [0.29, 0.717) is 0 Å². The van der Waals surface area contributed by atoms with E-state index in [1.807, 2.05) is 30.3 Å². The van der Waals surface area contributed by atoms with Crippen molar-refractivity contribution in [1.82, 2.24) is 10.2 Å². The molecule has 152 valence electrons. The molecule has 8 nitrogen and oxygen atoms in total. The normalized spacial score (nSPS) is 21.6. The predicted molar refractivity (Wildman–Crippen MR) is 106 cm³/mol. The van der Waals surface area contributed by atoms with Crippen molar-refractivity contribution in [2.75, 3.05) is 5.75 Å². The summed E-state index contributed by atoms with van der Waals surface area (Å²) in [6.07, 6.45) is 2.03. The van der Waals surface area contributed by atoms with E-state index in [1.54, 1.807) is 13.8 Å². The maximum atomic E-state index is 12.8. The highest BCUT2D eigenvalue weighted by Crippen LogP contribution is 2.41. The Kier molecular flexibility index (Phi) is 5.52. The smallest absolute Gasteiger partial charge is 0.352 e. The summed E-state index contributed by atoms with van der Waals surface area (Å²) in [5.74, 6) is -3.17. The number of carbonyl (C=O) groups excluding carboxylic acids is 2. The van der Waals surface area contributed by atoms with Crippen LogP contribution in [0.25, 0.3) is 0 Å². The first-order valence-electron chi connectivity index (χ1n) is 8.83. The summed E-state index contributed by atoms with van der Waals surface area (Å²) >= 11 is 1.28. The van der Waals surface area contributed by atoms with Gasteiger partial charge in [0.1, 0.15) is 17.1 Å². The summed E-state index contributed by atoms with van der Waals surface area (Å²) in [5, 5.41) is 20.5. The number of benzene rings is 1. The average molecular weight is 416 g/mol. The number of amides is 2. The van der Waals surface area contributed by atoms with Crippen LogP contribution in [0, 0.1) is 0 Å². The maximum Gasteiger partial charge on any atom is 0.352 e. The van der Waals surface area contributed by atoms with Crippen LogP contribution in [0.15, 0.2) is 53.8 Å². The first kappa shape index (κ1) is 20.7. The van der Waals surface area contributed by atoms with Gasteiger partial charge >= 0.3 is 11.9 Å². The molecule has 0 saturated carbocycles. The standard InChI is InChI=1S/C20H20N2O6S/c1-20(2,12-6-4-3-5-7-12)19(28)21-14-16(25)22-15(18(26)27)11(8-9-13(23)24)10-29-17(14)22/h3-9,14,17H,10H2,1-2H3,(H,21,28)(H,23,24)(H,26,27)/t14?,17-/m0/s1. The number of β-lactam (4-membered cyclic amide) rings is 1. The molecule has 1 fully saturated rings. The van der Waals surface area contributed by atoms with Crippen molar-refractivity contribution in [2.24, 2.45) is 0 Å². The van der Waals surface area contributed by atoms with Crippen molar-refractivity contribution in [2.45, 2.75) is 30.7 Å². The zero-order chi connectivity index (χ0) is 21.3. The molecule has 0 spiro atoms. The molecule has 0 aliphatic carbocycles. The highest BCUT2D eigenvalue weighted by atomic mass is 32.2. The van der Waals surface area contributed by atoms with Gasteiger partial charge in [0, 0.05) is 11.8 Å². The van der Waals surface area contributed by atoms with Gasteiger partial charge in [-0.05, 0) is 31.1 Å². The first-order chi connectivity index (χ1) is 13.6. The summed E-state index contributed by atoms with van der Waals surface area (Å²) in [6.45, 7) is 3.51. The number of carbonyl (C=O) groups is 4. The molecule has 3 rings (SSSR count). The number of rotatable bonds is 6. The molecule has 29 heavy (non-hydrogen) atoms. The maximum absolute atomic E-state index is 12.8. The number of carboxylic acids is 2. The number of hydrogen-bond acceptors (Lipinski definition) is 5. The molecule has 2 heterocycles. The number of aliphatic carboxylic acids is 2. The first-order valence-corrected chi connectivity index (χ1v) is 9.88. The van der Waals surface area contributed by atoms with Gasteiger partial charge in [0.25, 0.3) is 5.91 Å². The Morgan fingerprint density at radius 2 is 1.86 bits per heavy atom. The molecule has 2 amide bonds. The second-order valence-electron chi connectivity index (χ2n) is 7.20. The Balaban J connectivity index is 1.80. The van der Waals surface area contributed by atoms with Crippen LogP contribution in [0.3, 0.4) is 0 Å². The SMILES string of the molecule is CC(C)(C(=O)NC1C(=O)N2C(C(=O)O)=C(C=CC(=O)O)CS[C@@H]12)c1ccccc1. The topological polar surface area (TPSA) is 124 Å². The third-order valence-corrected chi connectivity index (χ3v) is 6.28. The van der Waals surface area contributed by atoms with Gasteiger partial charge in [-0.2, -0.15) is 0 Å². The number of hydrogen-bond donors (Lipinski definition) is 3. The molecule has 2 aliphatic heterocycles. The lowest BCUT2D eigenvalue weighted by molar-refractivity contribution is -0.151. The number of allylic oxidation sites excluding steroid dienone is 1. The minimum absolute atomic E-state index is 0.217. The number of nitrogens with zero attached hydrogens (tertiary/aromatic N) is 1. The highest BCUT2D eigenvalue weighted by molar-refractivity contribution is 8.00. The third kappa shape index (κ3) is 3.77. The molecular formula is C20H20N2O6S. The number of fused-ring (bicyclic) bond motifs is 1. The lowest BCUT2D eigenvalue weighted by atomic mass is 9.83. The van der Waals surface area contributed by atoms with Crippen molar-refractivity contribution in [3.8, 4) is 0 Å². The summed E-state index contributed by atoms with van der Waals surface area (Å²) in [4.78, 5) is 49.0. The van der Waals surface area contributed by atoms with Gasteiger partial charge in [0.15, 0.2) is 0 Å². The second kappa shape index (κ2) is 7.75. The fraction of sp³-hybridized carbons (Fsp3) is 0.300. The Morgan fingerprint density at radius 3 is 2.45 bits per heavy atom.